The summed E-state index contributed by atoms with van der Waals surface area (Å²) in [5.41, 5.74) is 0.232. The summed E-state index contributed by atoms with van der Waals surface area (Å²) in [5.74, 6) is -0.0957. The van der Waals surface area contributed by atoms with Gasteiger partial charge in [-0.25, -0.2) is 4.39 Å². The first kappa shape index (κ1) is 13.0. The molecule has 0 aromatic heterocycles. The fourth-order valence-corrected chi connectivity index (χ4v) is 2.03. The van der Waals surface area contributed by atoms with Crippen LogP contribution in [0, 0.1) is 11.7 Å². The van der Waals surface area contributed by atoms with Gasteiger partial charge in [0, 0.05) is 25.0 Å². The predicted octanol–water partition coefficient (Wildman–Crippen LogP) is 1.44. The Labute approximate surface area is 107 Å². The Morgan fingerprint density at radius 3 is 2.67 bits per heavy atom. The van der Waals surface area contributed by atoms with E-state index in [0.717, 1.165) is 13.1 Å². The number of nitrogens with one attached hydrogen (secondary N) is 2. The third-order valence-corrected chi connectivity index (χ3v) is 3.46. The molecule has 0 saturated carbocycles. The zero-order valence-electron chi connectivity index (χ0n) is 10.8. The molecule has 1 aromatic rings. The van der Waals surface area contributed by atoms with Crippen molar-refractivity contribution in [3.8, 4) is 0 Å². The van der Waals surface area contributed by atoms with Gasteiger partial charge in [-0.3, -0.25) is 4.79 Å². The van der Waals surface area contributed by atoms with Gasteiger partial charge in [0.15, 0.2) is 0 Å². The number of hydrogen-bond acceptors (Lipinski definition) is 2. The largest absolute Gasteiger partial charge is 0.355 e. The van der Waals surface area contributed by atoms with Crippen molar-refractivity contribution in [3.63, 3.8) is 0 Å². The fraction of sp³-hybridized carbons (Fsp3) is 0.500. The van der Waals surface area contributed by atoms with Gasteiger partial charge >= 0.3 is 0 Å². The second-order valence-electron chi connectivity index (χ2n) is 5.44. The molecule has 1 aliphatic rings. The van der Waals surface area contributed by atoms with Crippen LogP contribution in [0.15, 0.2) is 24.3 Å². The van der Waals surface area contributed by atoms with Crippen molar-refractivity contribution in [3.05, 3.63) is 35.6 Å². The van der Waals surface area contributed by atoms with E-state index in [1.54, 1.807) is 12.1 Å². The first-order valence-corrected chi connectivity index (χ1v) is 6.24. The monoisotopic (exact) mass is 250 g/mol. The van der Waals surface area contributed by atoms with Crippen LogP contribution in [-0.4, -0.2) is 25.5 Å². The van der Waals surface area contributed by atoms with Gasteiger partial charge in [-0.2, -0.15) is 0 Å². The van der Waals surface area contributed by atoms with Crippen LogP contribution >= 0.6 is 0 Å². The second kappa shape index (κ2) is 5.06. The van der Waals surface area contributed by atoms with Gasteiger partial charge in [0.1, 0.15) is 5.82 Å². The maximum atomic E-state index is 13.7. The molecule has 3 nitrogen and oxygen atoms in total. The summed E-state index contributed by atoms with van der Waals surface area (Å²) in [5, 5.41) is 5.96. The summed E-state index contributed by atoms with van der Waals surface area (Å²) < 4.78 is 13.7. The van der Waals surface area contributed by atoms with Gasteiger partial charge in [-0.15, -0.1) is 0 Å². The second-order valence-corrected chi connectivity index (χ2v) is 5.44. The number of hydrogen-bond donors (Lipinski definition) is 2. The lowest BCUT2D eigenvalue weighted by Crippen LogP contribution is -2.52. The molecular weight excluding hydrogens is 231 g/mol. The van der Waals surface area contributed by atoms with E-state index in [0.29, 0.717) is 12.1 Å². The van der Waals surface area contributed by atoms with Gasteiger partial charge < -0.3 is 10.6 Å². The number of carbonyl (C=O) groups excluding carboxylic acids is 1. The van der Waals surface area contributed by atoms with Crippen LogP contribution < -0.4 is 10.6 Å². The molecule has 4 heteroatoms. The summed E-state index contributed by atoms with van der Waals surface area (Å²) >= 11 is 0. The van der Waals surface area contributed by atoms with E-state index in [4.69, 9.17) is 0 Å². The standard InChI is InChI=1S/C14H19FN2O/c1-14(2,11-5-3-4-6-12(11)15)9-17-13(18)10-7-16-8-10/h3-6,10,16H,7-9H2,1-2H3,(H,17,18). The molecule has 1 heterocycles. The van der Waals surface area contributed by atoms with E-state index >= 15 is 0 Å². The van der Waals surface area contributed by atoms with E-state index in [2.05, 4.69) is 10.6 Å². The van der Waals surface area contributed by atoms with Crippen LogP contribution in [0.3, 0.4) is 0 Å². The lowest BCUT2D eigenvalue weighted by atomic mass is 9.84. The molecule has 0 radical (unpaired) electrons. The molecule has 2 rings (SSSR count). The highest BCUT2D eigenvalue weighted by atomic mass is 19.1. The van der Waals surface area contributed by atoms with Gasteiger partial charge in [-0.1, -0.05) is 32.0 Å². The van der Waals surface area contributed by atoms with Crippen molar-refractivity contribution in [1.29, 1.82) is 0 Å². The number of halogens is 1. The third-order valence-electron chi connectivity index (χ3n) is 3.46. The SMILES string of the molecule is CC(C)(CNC(=O)C1CNC1)c1ccccc1F. The molecule has 2 N–H and O–H groups in total. The summed E-state index contributed by atoms with van der Waals surface area (Å²) in [7, 11) is 0. The molecular formula is C14H19FN2O. The average Bonchev–Trinajstić information content (AvgIpc) is 2.24. The molecule has 0 bridgehead atoms. The van der Waals surface area contributed by atoms with E-state index in [1.807, 2.05) is 19.9 Å². The van der Waals surface area contributed by atoms with Crippen molar-refractivity contribution in [2.75, 3.05) is 19.6 Å². The van der Waals surface area contributed by atoms with Crippen molar-refractivity contribution < 1.29 is 9.18 Å². The Kier molecular flexibility index (Phi) is 3.66. The van der Waals surface area contributed by atoms with Crippen LogP contribution in [0.25, 0.3) is 0 Å². The Bertz CT molecular complexity index is 441. The Morgan fingerprint density at radius 1 is 1.44 bits per heavy atom. The number of amides is 1. The number of benzene rings is 1. The topological polar surface area (TPSA) is 41.1 Å². The maximum Gasteiger partial charge on any atom is 0.225 e. The highest BCUT2D eigenvalue weighted by molar-refractivity contribution is 5.80. The van der Waals surface area contributed by atoms with E-state index in [9.17, 15) is 9.18 Å². The minimum Gasteiger partial charge on any atom is -0.355 e. The first-order valence-electron chi connectivity index (χ1n) is 6.24. The van der Waals surface area contributed by atoms with Gasteiger partial charge in [-0.05, 0) is 11.6 Å². The zero-order valence-corrected chi connectivity index (χ0v) is 10.8. The molecule has 1 aromatic carbocycles. The summed E-state index contributed by atoms with van der Waals surface area (Å²) in [6.07, 6.45) is 0. The van der Waals surface area contributed by atoms with E-state index < -0.39 is 5.41 Å². The zero-order chi connectivity index (χ0) is 13.2. The fourth-order valence-electron chi connectivity index (χ4n) is 2.03. The highest BCUT2D eigenvalue weighted by Crippen LogP contribution is 2.24. The van der Waals surface area contributed by atoms with Crippen LogP contribution in [0.4, 0.5) is 4.39 Å². The predicted molar refractivity (Wildman–Crippen MR) is 68.8 cm³/mol. The van der Waals surface area contributed by atoms with E-state index in [1.165, 1.54) is 6.07 Å². The lowest BCUT2D eigenvalue weighted by Gasteiger charge is -2.30. The molecule has 98 valence electrons. The summed E-state index contributed by atoms with van der Waals surface area (Å²) in [6.45, 7) is 5.80. The number of carbonyl (C=O) groups is 1. The van der Waals surface area contributed by atoms with Crippen molar-refractivity contribution in [2.24, 2.45) is 5.92 Å². The Hall–Kier alpha value is -1.42. The molecule has 1 amide bonds. The molecule has 18 heavy (non-hydrogen) atoms. The minimum absolute atomic E-state index is 0.0539. The van der Waals surface area contributed by atoms with E-state index in [-0.39, 0.29) is 17.6 Å². The third kappa shape index (κ3) is 2.70. The summed E-state index contributed by atoms with van der Waals surface area (Å²) in [6, 6.07) is 6.71. The quantitative estimate of drug-likeness (QED) is 0.849. The molecule has 1 saturated heterocycles. The minimum atomic E-state index is -0.405. The smallest absolute Gasteiger partial charge is 0.225 e. The van der Waals surface area contributed by atoms with Crippen molar-refractivity contribution in [1.82, 2.24) is 10.6 Å². The van der Waals surface area contributed by atoms with Crippen LogP contribution in [-0.2, 0) is 10.2 Å². The highest BCUT2D eigenvalue weighted by Gasteiger charge is 2.28. The molecule has 0 unspecified atom stereocenters. The van der Waals surface area contributed by atoms with Gasteiger partial charge in [0.25, 0.3) is 0 Å². The van der Waals surface area contributed by atoms with Crippen LogP contribution in [0.2, 0.25) is 0 Å². The lowest BCUT2D eigenvalue weighted by molar-refractivity contribution is -0.126. The Balaban J connectivity index is 1.98. The van der Waals surface area contributed by atoms with Crippen LogP contribution in [0.1, 0.15) is 19.4 Å². The normalized spacial score (nSPS) is 16.2. The average molecular weight is 250 g/mol. The molecule has 0 aliphatic carbocycles. The molecule has 1 fully saturated rings. The van der Waals surface area contributed by atoms with Crippen molar-refractivity contribution >= 4 is 5.91 Å². The van der Waals surface area contributed by atoms with Gasteiger partial charge in [0.05, 0.1) is 5.92 Å². The van der Waals surface area contributed by atoms with Crippen LogP contribution in [0.5, 0.6) is 0 Å². The Morgan fingerprint density at radius 2 is 2.11 bits per heavy atom. The number of rotatable bonds is 4. The first-order chi connectivity index (χ1) is 8.50. The molecule has 0 spiro atoms. The maximum absolute atomic E-state index is 13.7. The van der Waals surface area contributed by atoms with Crippen molar-refractivity contribution in [2.45, 2.75) is 19.3 Å². The van der Waals surface area contributed by atoms with Gasteiger partial charge in [0.2, 0.25) is 5.91 Å². The molecule has 1 aliphatic heterocycles. The molecule has 0 atom stereocenters. The summed E-state index contributed by atoms with van der Waals surface area (Å²) in [4.78, 5) is 11.7.